The number of hydrogen-bond donors (Lipinski definition) is 0. The Hall–Kier alpha value is -1.30. The molecule has 2 aromatic rings. The molecular weight excluding hydrogens is 297 g/mol. The predicted octanol–water partition coefficient (Wildman–Crippen LogP) is 3.96. The van der Waals surface area contributed by atoms with Crippen LogP contribution in [-0.4, -0.2) is 9.55 Å². The van der Waals surface area contributed by atoms with Crippen molar-refractivity contribution in [2.45, 2.75) is 13.1 Å². The van der Waals surface area contributed by atoms with E-state index in [1.165, 1.54) is 12.1 Å². The van der Waals surface area contributed by atoms with Crippen LogP contribution in [0.1, 0.15) is 11.4 Å². The second-order valence-electron chi connectivity index (χ2n) is 3.53. The standard InChI is InChI=1S/C11H8BrF3N2/c1-7-16-10(12)6-17(7)9-4-2-8(3-5-9)11(13,14)15/h2-6H,1H3. The van der Waals surface area contributed by atoms with E-state index in [4.69, 9.17) is 0 Å². The lowest BCUT2D eigenvalue weighted by molar-refractivity contribution is -0.137. The average Bonchev–Trinajstić information content (AvgIpc) is 2.57. The smallest absolute Gasteiger partial charge is 0.303 e. The molecule has 0 unspecified atom stereocenters. The quantitative estimate of drug-likeness (QED) is 0.780. The molecule has 90 valence electrons. The van der Waals surface area contributed by atoms with Crippen LogP contribution in [0.15, 0.2) is 35.1 Å². The van der Waals surface area contributed by atoms with Gasteiger partial charge >= 0.3 is 6.18 Å². The Balaban J connectivity index is 2.39. The van der Waals surface area contributed by atoms with Crippen LogP contribution in [-0.2, 0) is 6.18 Å². The number of aryl methyl sites for hydroxylation is 1. The summed E-state index contributed by atoms with van der Waals surface area (Å²) in [6.45, 7) is 1.78. The van der Waals surface area contributed by atoms with E-state index in [1.807, 2.05) is 0 Å². The van der Waals surface area contributed by atoms with Crippen molar-refractivity contribution < 1.29 is 13.2 Å². The van der Waals surface area contributed by atoms with Gasteiger partial charge in [0.15, 0.2) is 0 Å². The van der Waals surface area contributed by atoms with Gasteiger partial charge in [0.1, 0.15) is 10.4 Å². The normalized spacial score (nSPS) is 11.8. The summed E-state index contributed by atoms with van der Waals surface area (Å²) in [6.07, 6.45) is -2.60. The van der Waals surface area contributed by atoms with Crippen molar-refractivity contribution in [3.63, 3.8) is 0 Å². The number of benzene rings is 1. The van der Waals surface area contributed by atoms with E-state index in [-0.39, 0.29) is 0 Å². The number of rotatable bonds is 1. The summed E-state index contributed by atoms with van der Waals surface area (Å²) in [5.74, 6) is 0.705. The molecule has 0 saturated carbocycles. The molecule has 0 N–H and O–H groups in total. The molecule has 1 aromatic carbocycles. The number of nitrogens with zero attached hydrogens (tertiary/aromatic N) is 2. The van der Waals surface area contributed by atoms with Gasteiger partial charge in [-0.3, -0.25) is 0 Å². The van der Waals surface area contributed by atoms with Gasteiger partial charge in [-0.2, -0.15) is 13.2 Å². The molecule has 0 fully saturated rings. The highest BCUT2D eigenvalue weighted by Crippen LogP contribution is 2.29. The summed E-state index contributed by atoms with van der Waals surface area (Å²) < 4.78 is 39.5. The summed E-state index contributed by atoms with van der Waals surface area (Å²) in [5.41, 5.74) is -0.00761. The molecule has 0 atom stereocenters. The monoisotopic (exact) mass is 304 g/mol. The SMILES string of the molecule is Cc1nc(Br)cn1-c1ccc(C(F)(F)F)cc1. The molecule has 0 radical (unpaired) electrons. The van der Waals surface area contributed by atoms with E-state index in [2.05, 4.69) is 20.9 Å². The highest BCUT2D eigenvalue weighted by Gasteiger charge is 2.30. The molecule has 6 heteroatoms. The fraction of sp³-hybridized carbons (Fsp3) is 0.182. The van der Waals surface area contributed by atoms with Crippen molar-refractivity contribution in [1.82, 2.24) is 9.55 Å². The van der Waals surface area contributed by atoms with Crippen molar-refractivity contribution in [3.05, 3.63) is 46.5 Å². The van der Waals surface area contributed by atoms with Crippen LogP contribution in [0.2, 0.25) is 0 Å². The third kappa shape index (κ3) is 2.52. The molecular formula is C11H8BrF3N2. The van der Waals surface area contributed by atoms with Crippen LogP contribution in [0.4, 0.5) is 13.2 Å². The lowest BCUT2D eigenvalue weighted by Gasteiger charge is -2.08. The first kappa shape index (κ1) is 12.2. The average molecular weight is 305 g/mol. The van der Waals surface area contributed by atoms with Crippen LogP contribution in [0.3, 0.4) is 0 Å². The molecule has 0 bridgehead atoms. The second-order valence-corrected chi connectivity index (χ2v) is 4.34. The Morgan fingerprint density at radius 2 is 1.76 bits per heavy atom. The highest BCUT2D eigenvalue weighted by molar-refractivity contribution is 9.10. The van der Waals surface area contributed by atoms with Crippen molar-refractivity contribution in [2.75, 3.05) is 0 Å². The summed E-state index contributed by atoms with van der Waals surface area (Å²) >= 11 is 3.21. The predicted molar refractivity (Wildman–Crippen MR) is 61.0 cm³/mol. The number of hydrogen-bond acceptors (Lipinski definition) is 1. The van der Waals surface area contributed by atoms with E-state index in [1.54, 1.807) is 17.7 Å². The van der Waals surface area contributed by atoms with Crippen molar-refractivity contribution in [3.8, 4) is 5.69 Å². The van der Waals surface area contributed by atoms with Gasteiger partial charge in [0, 0.05) is 11.9 Å². The van der Waals surface area contributed by atoms with Gasteiger partial charge in [0.25, 0.3) is 0 Å². The van der Waals surface area contributed by atoms with Crippen LogP contribution in [0.5, 0.6) is 0 Å². The van der Waals surface area contributed by atoms with E-state index < -0.39 is 11.7 Å². The molecule has 0 spiro atoms. The van der Waals surface area contributed by atoms with Gasteiger partial charge in [0.2, 0.25) is 0 Å². The van der Waals surface area contributed by atoms with Crippen LogP contribution in [0.25, 0.3) is 5.69 Å². The molecule has 0 aliphatic carbocycles. The minimum atomic E-state index is -4.30. The minimum Gasteiger partial charge on any atom is -0.303 e. The molecule has 0 saturated heterocycles. The zero-order valence-electron chi connectivity index (χ0n) is 8.79. The Kier molecular flexibility index (Phi) is 2.99. The van der Waals surface area contributed by atoms with Crippen LogP contribution in [0, 0.1) is 6.92 Å². The van der Waals surface area contributed by atoms with E-state index in [0.717, 1.165) is 12.1 Å². The molecule has 0 amide bonds. The first-order valence-electron chi connectivity index (χ1n) is 4.77. The Morgan fingerprint density at radius 1 is 1.18 bits per heavy atom. The molecule has 1 heterocycles. The third-order valence-corrected chi connectivity index (χ3v) is 2.71. The highest BCUT2D eigenvalue weighted by atomic mass is 79.9. The molecule has 17 heavy (non-hydrogen) atoms. The zero-order chi connectivity index (χ0) is 12.6. The lowest BCUT2D eigenvalue weighted by Crippen LogP contribution is -2.05. The van der Waals surface area contributed by atoms with Crippen molar-refractivity contribution >= 4 is 15.9 Å². The molecule has 1 aromatic heterocycles. The summed E-state index contributed by atoms with van der Waals surface area (Å²) in [7, 11) is 0. The van der Waals surface area contributed by atoms with Crippen molar-refractivity contribution in [2.24, 2.45) is 0 Å². The second kappa shape index (κ2) is 4.18. The van der Waals surface area contributed by atoms with E-state index in [0.29, 0.717) is 16.1 Å². The summed E-state index contributed by atoms with van der Waals surface area (Å²) in [6, 6.07) is 4.96. The first-order valence-corrected chi connectivity index (χ1v) is 5.56. The molecule has 2 rings (SSSR count). The fourth-order valence-electron chi connectivity index (χ4n) is 1.51. The van der Waals surface area contributed by atoms with Crippen molar-refractivity contribution in [1.29, 1.82) is 0 Å². The molecule has 0 aliphatic heterocycles. The van der Waals surface area contributed by atoms with Gasteiger partial charge in [-0.1, -0.05) is 0 Å². The first-order chi connectivity index (χ1) is 7.88. The van der Waals surface area contributed by atoms with Gasteiger partial charge in [-0.05, 0) is 47.1 Å². The molecule has 2 nitrogen and oxygen atoms in total. The van der Waals surface area contributed by atoms with E-state index >= 15 is 0 Å². The van der Waals surface area contributed by atoms with Crippen LogP contribution < -0.4 is 0 Å². The maximum Gasteiger partial charge on any atom is 0.416 e. The summed E-state index contributed by atoms with van der Waals surface area (Å²) in [4.78, 5) is 4.12. The van der Waals surface area contributed by atoms with Gasteiger partial charge in [-0.15, -0.1) is 0 Å². The lowest BCUT2D eigenvalue weighted by atomic mass is 10.2. The van der Waals surface area contributed by atoms with Gasteiger partial charge in [0.05, 0.1) is 5.56 Å². The number of alkyl halides is 3. The Labute approximate surface area is 104 Å². The van der Waals surface area contributed by atoms with Crippen LogP contribution >= 0.6 is 15.9 Å². The topological polar surface area (TPSA) is 17.8 Å². The zero-order valence-corrected chi connectivity index (χ0v) is 10.4. The maximum atomic E-state index is 12.4. The number of aromatic nitrogens is 2. The third-order valence-electron chi connectivity index (χ3n) is 2.33. The fourth-order valence-corrected chi connectivity index (χ4v) is 1.97. The number of halogens is 4. The van der Waals surface area contributed by atoms with Gasteiger partial charge < -0.3 is 4.57 Å². The van der Waals surface area contributed by atoms with Gasteiger partial charge in [-0.25, -0.2) is 4.98 Å². The Bertz CT molecular complexity index is 529. The Morgan fingerprint density at radius 3 is 2.18 bits per heavy atom. The summed E-state index contributed by atoms with van der Waals surface area (Å²) in [5, 5.41) is 0. The minimum absolute atomic E-state index is 0.647. The number of imidazole rings is 1. The largest absolute Gasteiger partial charge is 0.416 e. The van der Waals surface area contributed by atoms with E-state index in [9.17, 15) is 13.2 Å². The molecule has 0 aliphatic rings. The maximum absolute atomic E-state index is 12.4.